The summed E-state index contributed by atoms with van der Waals surface area (Å²) in [6.45, 7) is 3.61. The van der Waals surface area contributed by atoms with E-state index in [2.05, 4.69) is 17.3 Å². The Labute approximate surface area is 126 Å². The van der Waals surface area contributed by atoms with Crippen molar-refractivity contribution in [1.82, 2.24) is 9.78 Å². The lowest BCUT2D eigenvalue weighted by Crippen LogP contribution is -2.08. The molecule has 0 fully saturated rings. The molecule has 0 aliphatic carbocycles. The second kappa shape index (κ2) is 6.90. The molecule has 6 heteroatoms. The van der Waals surface area contributed by atoms with E-state index in [9.17, 15) is 4.21 Å². The summed E-state index contributed by atoms with van der Waals surface area (Å²) in [5, 5.41) is 8.23. The third kappa shape index (κ3) is 3.84. The van der Waals surface area contributed by atoms with Gasteiger partial charge in [0.2, 0.25) is 0 Å². The molecule has 0 amide bonds. The maximum Gasteiger partial charge on any atom is 0.0575 e. The number of halogens is 1. The van der Waals surface area contributed by atoms with Crippen LogP contribution in [0.25, 0.3) is 0 Å². The van der Waals surface area contributed by atoms with Crippen LogP contribution in [0.5, 0.6) is 0 Å². The predicted molar refractivity (Wildman–Crippen MR) is 84.5 cm³/mol. The van der Waals surface area contributed by atoms with Crippen LogP contribution in [0.3, 0.4) is 0 Å². The van der Waals surface area contributed by atoms with Gasteiger partial charge in [-0.2, -0.15) is 5.10 Å². The minimum atomic E-state index is -0.900. The summed E-state index contributed by atoms with van der Waals surface area (Å²) in [6, 6.07) is 7.71. The average Bonchev–Trinajstić information content (AvgIpc) is 2.86. The van der Waals surface area contributed by atoms with Gasteiger partial charge in [-0.3, -0.25) is 8.89 Å². The maximum atomic E-state index is 11.3. The lowest BCUT2D eigenvalue weighted by Gasteiger charge is -2.10. The van der Waals surface area contributed by atoms with E-state index in [1.165, 1.54) is 0 Å². The van der Waals surface area contributed by atoms with E-state index in [1.807, 2.05) is 28.9 Å². The standard InChI is InChI=1S/C14H18ClN3OS/c1-3-18-13(6-7-17-18)9-16-12-4-5-14(15)11(8-12)10-20(2)19/h4-8,16H,3,9-10H2,1-2H3/t20-/m1/s1. The molecule has 0 aliphatic rings. The smallest absolute Gasteiger partial charge is 0.0575 e. The Bertz CT molecular complexity index is 612. The van der Waals surface area contributed by atoms with Crippen LogP contribution in [-0.2, 0) is 29.6 Å². The molecule has 1 aromatic heterocycles. The molecule has 0 aliphatic heterocycles. The minimum Gasteiger partial charge on any atom is -0.379 e. The highest BCUT2D eigenvalue weighted by atomic mass is 35.5. The Morgan fingerprint density at radius 1 is 1.40 bits per heavy atom. The van der Waals surface area contributed by atoms with Gasteiger partial charge < -0.3 is 5.32 Å². The van der Waals surface area contributed by atoms with Gasteiger partial charge in [-0.15, -0.1) is 0 Å². The summed E-state index contributed by atoms with van der Waals surface area (Å²) in [5.74, 6) is 0.473. The first-order valence-corrected chi connectivity index (χ1v) is 8.53. The zero-order valence-corrected chi connectivity index (χ0v) is 13.2. The van der Waals surface area contributed by atoms with Crippen molar-refractivity contribution in [3.05, 3.63) is 46.7 Å². The second-order valence-corrected chi connectivity index (χ2v) is 6.36. The number of aryl methyl sites for hydroxylation is 1. The number of rotatable bonds is 6. The summed E-state index contributed by atoms with van der Waals surface area (Å²) >= 11 is 6.11. The molecule has 1 heterocycles. The van der Waals surface area contributed by atoms with Crippen molar-refractivity contribution in [3.8, 4) is 0 Å². The zero-order chi connectivity index (χ0) is 14.5. The highest BCUT2D eigenvalue weighted by Crippen LogP contribution is 2.22. The Kier molecular flexibility index (Phi) is 5.20. The first-order valence-electron chi connectivity index (χ1n) is 6.43. The first kappa shape index (κ1) is 15.1. The lowest BCUT2D eigenvalue weighted by molar-refractivity contribution is 0.627. The van der Waals surface area contributed by atoms with Gasteiger partial charge in [0, 0.05) is 46.3 Å². The molecule has 2 rings (SSSR count). The molecule has 2 aromatic rings. The van der Waals surface area contributed by atoms with Gasteiger partial charge in [-0.1, -0.05) is 11.6 Å². The van der Waals surface area contributed by atoms with Crippen LogP contribution in [0.1, 0.15) is 18.2 Å². The highest BCUT2D eigenvalue weighted by molar-refractivity contribution is 7.83. The Morgan fingerprint density at radius 2 is 2.20 bits per heavy atom. The molecule has 20 heavy (non-hydrogen) atoms. The van der Waals surface area contributed by atoms with Crippen LogP contribution >= 0.6 is 11.6 Å². The summed E-state index contributed by atoms with van der Waals surface area (Å²) < 4.78 is 13.3. The fourth-order valence-electron chi connectivity index (χ4n) is 2.00. The van der Waals surface area contributed by atoms with E-state index >= 15 is 0 Å². The van der Waals surface area contributed by atoms with Gasteiger partial charge >= 0.3 is 0 Å². The van der Waals surface area contributed by atoms with E-state index < -0.39 is 10.8 Å². The van der Waals surface area contributed by atoms with Crippen LogP contribution in [0, 0.1) is 0 Å². The van der Waals surface area contributed by atoms with E-state index in [4.69, 9.17) is 11.6 Å². The molecule has 4 nitrogen and oxygen atoms in total. The zero-order valence-electron chi connectivity index (χ0n) is 11.6. The summed E-state index contributed by atoms with van der Waals surface area (Å²) in [4.78, 5) is 0. The van der Waals surface area contributed by atoms with Gasteiger partial charge in [0.15, 0.2) is 0 Å². The Balaban J connectivity index is 2.08. The Morgan fingerprint density at radius 3 is 2.90 bits per heavy atom. The van der Waals surface area contributed by atoms with E-state index in [0.29, 0.717) is 17.3 Å². The molecule has 0 unspecified atom stereocenters. The van der Waals surface area contributed by atoms with Crippen molar-refractivity contribution in [2.45, 2.75) is 25.8 Å². The summed E-state index contributed by atoms with van der Waals surface area (Å²) in [5.41, 5.74) is 3.00. The van der Waals surface area contributed by atoms with Gasteiger partial charge in [0.1, 0.15) is 0 Å². The van der Waals surface area contributed by atoms with Crippen LogP contribution in [0.4, 0.5) is 5.69 Å². The third-order valence-corrected chi connectivity index (χ3v) is 4.07. The van der Waals surface area contributed by atoms with Crippen molar-refractivity contribution in [2.24, 2.45) is 0 Å². The van der Waals surface area contributed by atoms with Crippen LogP contribution in [-0.4, -0.2) is 20.2 Å². The molecule has 0 saturated carbocycles. The summed E-state index contributed by atoms with van der Waals surface area (Å²) in [7, 11) is -0.900. The van der Waals surface area contributed by atoms with Crippen molar-refractivity contribution >= 4 is 28.1 Å². The van der Waals surface area contributed by atoms with E-state index in [1.54, 1.807) is 12.5 Å². The fourth-order valence-corrected chi connectivity index (χ4v) is 2.94. The SMILES string of the molecule is CCn1nccc1CNc1ccc(Cl)c(C[S@@](C)=O)c1. The molecule has 1 aromatic carbocycles. The topological polar surface area (TPSA) is 46.9 Å². The molecule has 0 saturated heterocycles. The van der Waals surface area contributed by atoms with Crippen molar-refractivity contribution in [3.63, 3.8) is 0 Å². The lowest BCUT2D eigenvalue weighted by atomic mass is 10.2. The third-order valence-electron chi connectivity index (χ3n) is 2.98. The number of aromatic nitrogens is 2. The number of anilines is 1. The maximum absolute atomic E-state index is 11.3. The van der Waals surface area contributed by atoms with Gasteiger partial charge in [-0.25, -0.2) is 0 Å². The number of hydrogen-bond donors (Lipinski definition) is 1. The van der Waals surface area contributed by atoms with Gasteiger partial charge in [-0.05, 0) is 36.8 Å². The van der Waals surface area contributed by atoms with Gasteiger partial charge in [0.25, 0.3) is 0 Å². The highest BCUT2D eigenvalue weighted by Gasteiger charge is 2.05. The van der Waals surface area contributed by atoms with Gasteiger partial charge in [0.05, 0.1) is 12.2 Å². The average molecular weight is 312 g/mol. The van der Waals surface area contributed by atoms with Crippen LogP contribution < -0.4 is 5.32 Å². The number of nitrogens with zero attached hydrogens (tertiary/aromatic N) is 2. The van der Waals surface area contributed by atoms with E-state index in [-0.39, 0.29) is 0 Å². The number of benzene rings is 1. The number of hydrogen-bond acceptors (Lipinski definition) is 3. The second-order valence-electron chi connectivity index (χ2n) is 4.52. The first-order chi connectivity index (χ1) is 9.60. The van der Waals surface area contributed by atoms with Crippen molar-refractivity contribution in [1.29, 1.82) is 0 Å². The number of nitrogens with one attached hydrogen (secondary N) is 1. The predicted octanol–water partition coefficient (Wildman–Crippen LogP) is 3.05. The van der Waals surface area contributed by atoms with Crippen LogP contribution in [0.15, 0.2) is 30.5 Å². The fraction of sp³-hybridized carbons (Fsp3) is 0.357. The van der Waals surface area contributed by atoms with Crippen molar-refractivity contribution < 1.29 is 4.21 Å². The molecular weight excluding hydrogens is 294 g/mol. The normalized spacial score (nSPS) is 12.3. The molecule has 0 bridgehead atoms. The molecule has 108 valence electrons. The summed E-state index contributed by atoms with van der Waals surface area (Å²) in [6.07, 6.45) is 3.48. The molecule has 1 N–H and O–H groups in total. The molecule has 0 spiro atoms. The minimum absolute atomic E-state index is 0.473. The molecule has 0 radical (unpaired) electrons. The quantitative estimate of drug-likeness (QED) is 0.892. The molecule has 1 atom stereocenters. The monoisotopic (exact) mass is 311 g/mol. The largest absolute Gasteiger partial charge is 0.379 e. The van der Waals surface area contributed by atoms with E-state index in [0.717, 1.165) is 23.5 Å². The Hall–Kier alpha value is -1.33. The molecular formula is C14H18ClN3OS. The van der Waals surface area contributed by atoms with Crippen molar-refractivity contribution in [2.75, 3.05) is 11.6 Å². The van der Waals surface area contributed by atoms with Crippen LogP contribution in [0.2, 0.25) is 5.02 Å².